The first kappa shape index (κ1) is 13.5. The van der Waals surface area contributed by atoms with Gasteiger partial charge < -0.3 is 10.6 Å². The molecule has 1 aliphatic heterocycles. The summed E-state index contributed by atoms with van der Waals surface area (Å²) in [6, 6.07) is 0.0202. The van der Waals surface area contributed by atoms with Crippen molar-refractivity contribution in [2.45, 2.75) is 51.6 Å². The van der Waals surface area contributed by atoms with Crippen molar-refractivity contribution in [3.63, 3.8) is 0 Å². The first-order valence-corrected chi connectivity index (χ1v) is 7.70. The van der Waals surface area contributed by atoms with Crippen molar-refractivity contribution in [2.24, 2.45) is 5.92 Å². The number of nitrogens with one attached hydrogen (secondary N) is 2. The molecule has 0 saturated heterocycles. The summed E-state index contributed by atoms with van der Waals surface area (Å²) < 4.78 is 1.95. The minimum Gasteiger partial charge on any atom is -0.345 e. The van der Waals surface area contributed by atoms with Gasteiger partial charge in [-0.1, -0.05) is 6.92 Å². The number of hydrogen-bond donors (Lipinski definition) is 2. The standard InChI is InChI=1S/C14H23N5O/c1-2-12-17-14-11(4-3-7-19(14)18-12)16-13(20)9-15-8-10-5-6-10/h10-11,15H,2-9H2,1H3,(H,16,20). The Morgan fingerprint density at radius 2 is 2.25 bits per heavy atom. The molecule has 110 valence electrons. The zero-order valence-corrected chi connectivity index (χ0v) is 12.1. The number of carbonyl (C=O) groups excluding carboxylic acids is 1. The SMILES string of the molecule is CCc1nc2n(n1)CCCC2NC(=O)CNCC1CC1. The molecular formula is C14H23N5O. The molecular weight excluding hydrogens is 254 g/mol. The van der Waals surface area contributed by atoms with Gasteiger partial charge in [0, 0.05) is 13.0 Å². The van der Waals surface area contributed by atoms with E-state index in [1.54, 1.807) is 0 Å². The van der Waals surface area contributed by atoms with Crippen LogP contribution in [0.2, 0.25) is 0 Å². The fourth-order valence-electron chi connectivity index (χ4n) is 2.64. The fraction of sp³-hybridized carbons (Fsp3) is 0.786. The second-order valence-electron chi connectivity index (χ2n) is 5.80. The summed E-state index contributed by atoms with van der Waals surface area (Å²) in [4.78, 5) is 16.5. The summed E-state index contributed by atoms with van der Waals surface area (Å²) in [6.45, 7) is 4.33. The Labute approximate surface area is 119 Å². The summed E-state index contributed by atoms with van der Waals surface area (Å²) in [5.41, 5.74) is 0. The molecule has 1 aromatic heterocycles. The highest BCUT2D eigenvalue weighted by Crippen LogP contribution is 2.27. The Kier molecular flexibility index (Phi) is 4.00. The smallest absolute Gasteiger partial charge is 0.234 e. The molecule has 20 heavy (non-hydrogen) atoms. The molecule has 2 N–H and O–H groups in total. The van der Waals surface area contributed by atoms with E-state index in [1.165, 1.54) is 12.8 Å². The van der Waals surface area contributed by atoms with Crippen molar-refractivity contribution >= 4 is 5.91 Å². The van der Waals surface area contributed by atoms with Crippen molar-refractivity contribution in [2.75, 3.05) is 13.1 Å². The molecule has 3 rings (SSSR count). The van der Waals surface area contributed by atoms with Gasteiger partial charge in [-0.15, -0.1) is 0 Å². The van der Waals surface area contributed by atoms with Crippen LogP contribution in [0.1, 0.15) is 50.3 Å². The predicted molar refractivity (Wildman–Crippen MR) is 75.1 cm³/mol. The molecule has 2 heterocycles. The second-order valence-corrected chi connectivity index (χ2v) is 5.80. The Hall–Kier alpha value is -1.43. The summed E-state index contributed by atoms with van der Waals surface area (Å²) in [5, 5.41) is 10.8. The summed E-state index contributed by atoms with van der Waals surface area (Å²) in [7, 11) is 0. The van der Waals surface area contributed by atoms with Crippen LogP contribution in [0.3, 0.4) is 0 Å². The first-order valence-electron chi connectivity index (χ1n) is 7.70. The van der Waals surface area contributed by atoms with Gasteiger partial charge in [-0.25, -0.2) is 9.67 Å². The number of carbonyl (C=O) groups is 1. The van der Waals surface area contributed by atoms with Gasteiger partial charge in [0.25, 0.3) is 0 Å². The molecule has 1 amide bonds. The molecule has 6 nitrogen and oxygen atoms in total. The van der Waals surface area contributed by atoms with Crippen LogP contribution >= 0.6 is 0 Å². The van der Waals surface area contributed by atoms with E-state index in [4.69, 9.17) is 0 Å². The molecule has 6 heteroatoms. The van der Waals surface area contributed by atoms with Crippen LogP contribution in [0.25, 0.3) is 0 Å². The van der Waals surface area contributed by atoms with Gasteiger partial charge in [0.05, 0.1) is 12.6 Å². The number of fused-ring (bicyclic) bond motifs is 1. The van der Waals surface area contributed by atoms with Crippen molar-refractivity contribution in [1.82, 2.24) is 25.4 Å². The third kappa shape index (κ3) is 3.17. The van der Waals surface area contributed by atoms with Crippen LogP contribution in [0.15, 0.2) is 0 Å². The minimum absolute atomic E-state index is 0.0202. The maximum absolute atomic E-state index is 12.0. The topological polar surface area (TPSA) is 71.8 Å². The van der Waals surface area contributed by atoms with E-state index in [1.807, 2.05) is 4.68 Å². The summed E-state index contributed by atoms with van der Waals surface area (Å²) in [5.74, 6) is 2.65. The lowest BCUT2D eigenvalue weighted by Crippen LogP contribution is -2.39. The van der Waals surface area contributed by atoms with Gasteiger partial charge >= 0.3 is 0 Å². The van der Waals surface area contributed by atoms with E-state index in [0.29, 0.717) is 6.54 Å². The van der Waals surface area contributed by atoms with Crippen LogP contribution in [-0.4, -0.2) is 33.8 Å². The minimum atomic E-state index is 0.0202. The zero-order valence-electron chi connectivity index (χ0n) is 12.1. The first-order chi connectivity index (χ1) is 9.76. The van der Waals surface area contributed by atoms with Crippen LogP contribution in [0, 0.1) is 5.92 Å². The van der Waals surface area contributed by atoms with Crippen molar-refractivity contribution in [1.29, 1.82) is 0 Å². The number of nitrogens with zero attached hydrogens (tertiary/aromatic N) is 3. The molecule has 0 spiro atoms. The Balaban J connectivity index is 1.54. The van der Waals surface area contributed by atoms with Crippen molar-refractivity contribution < 1.29 is 4.79 Å². The summed E-state index contributed by atoms with van der Waals surface area (Å²) >= 11 is 0. The maximum atomic E-state index is 12.0. The molecule has 1 fully saturated rings. The lowest BCUT2D eigenvalue weighted by atomic mass is 10.1. The molecule has 2 aliphatic rings. The molecule has 0 aromatic carbocycles. The average Bonchev–Trinajstić information content (AvgIpc) is 3.16. The van der Waals surface area contributed by atoms with Gasteiger partial charge in [0.15, 0.2) is 5.82 Å². The van der Waals surface area contributed by atoms with Crippen molar-refractivity contribution in [3.05, 3.63) is 11.6 Å². The number of aromatic nitrogens is 3. The van der Waals surface area contributed by atoms with Gasteiger partial charge in [-0.05, 0) is 38.1 Å². The predicted octanol–water partition coefficient (Wildman–Crippen LogP) is 0.791. The van der Waals surface area contributed by atoms with E-state index in [-0.39, 0.29) is 11.9 Å². The molecule has 1 aromatic rings. The van der Waals surface area contributed by atoms with E-state index < -0.39 is 0 Å². The van der Waals surface area contributed by atoms with E-state index >= 15 is 0 Å². The third-order valence-corrected chi connectivity index (χ3v) is 3.99. The highest BCUT2D eigenvalue weighted by Gasteiger charge is 2.25. The van der Waals surface area contributed by atoms with Crippen molar-refractivity contribution in [3.8, 4) is 0 Å². The quantitative estimate of drug-likeness (QED) is 0.806. The van der Waals surface area contributed by atoms with Gasteiger partial charge in [0.2, 0.25) is 5.91 Å². The highest BCUT2D eigenvalue weighted by molar-refractivity contribution is 5.78. The maximum Gasteiger partial charge on any atom is 0.234 e. The van der Waals surface area contributed by atoms with Gasteiger partial charge in [-0.2, -0.15) is 5.10 Å². The normalized spacial score (nSPS) is 21.6. The fourth-order valence-corrected chi connectivity index (χ4v) is 2.64. The number of rotatable bonds is 6. The highest BCUT2D eigenvalue weighted by atomic mass is 16.2. The van der Waals surface area contributed by atoms with Crippen LogP contribution in [0.4, 0.5) is 0 Å². The third-order valence-electron chi connectivity index (χ3n) is 3.99. The van der Waals surface area contributed by atoms with Crippen LogP contribution in [0.5, 0.6) is 0 Å². The molecule has 1 unspecified atom stereocenters. The average molecular weight is 277 g/mol. The monoisotopic (exact) mass is 277 g/mol. The number of aryl methyl sites for hydroxylation is 2. The van der Waals surface area contributed by atoms with Crippen LogP contribution < -0.4 is 10.6 Å². The Bertz CT molecular complexity index is 480. The molecule has 1 aliphatic carbocycles. The molecule has 0 bridgehead atoms. The zero-order chi connectivity index (χ0) is 13.9. The largest absolute Gasteiger partial charge is 0.345 e. The number of amides is 1. The number of hydrogen-bond acceptors (Lipinski definition) is 4. The lowest BCUT2D eigenvalue weighted by Gasteiger charge is -2.23. The lowest BCUT2D eigenvalue weighted by molar-refractivity contribution is -0.121. The molecule has 1 atom stereocenters. The summed E-state index contributed by atoms with van der Waals surface area (Å²) in [6.07, 6.45) is 5.44. The van der Waals surface area contributed by atoms with Crippen LogP contribution in [-0.2, 0) is 17.8 Å². The van der Waals surface area contributed by atoms with E-state index in [2.05, 4.69) is 27.6 Å². The van der Waals surface area contributed by atoms with Gasteiger partial charge in [0.1, 0.15) is 5.82 Å². The van der Waals surface area contributed by atoms with E-state index in [0.717, 1.165) is 49.9 Å². The van der Waals surface area contributed by atoms with E-state index in [9.17, 15) is 4.79 Å². The molecule has 0 radical (unpaired) electrons. The van der Waals surface area contributed by atoms with Gasteiger partial charge in [-0.3, -0.25) is 4.79 Å². The second kappa shape index (κ2) is 5.91. The Morgan fingerprint density at radius 1 is 1.40 bits per heavy atom. The Morgan fingerprint density at radius 3 is 3.00 bits per heavy atom. The molecule has 1 saturated carbocycles.